The molecule has 1 heterocycles. The van der Waals surface area contributed by atoms with E-state index < -0.39 is 0 Å². The van der Waals surface area contributed by atoms with E-state index in [1.807, 2.05) is 36.4 Å². The molecule has 0 unspecified atom stereocenters. The third-order valence-corrected chi connectivity index (χ3v) is 4.16. The molecule has 8 nitrogen and oxygen atoms in total. The van der Waals surface area contributed by atoms with Crippen LogP contribution in [0.15, 0.2) is 48.8 Å². The zero-order valence-electron chi connectivity index (χ0n) is 16.0. The number of benzene rings is 2. The lowest BCUT2D eigenvalue weighted by molar-refractivity contribution is 0.405. The van der Waals surface area contributed by atoms with Crippen molar-refractivity contribution >= 4 is 23.0 Å². The van der Waals surface area contributed by atoms with E-state index in [0.717, 1.165) is 11.3 Å². The highest BCUT2D eigenvalue weighted by Crippen LogP contribution is 2.33. The summed E-state index contributed by atoms with van der Waals surface area (Å²) in [5.41, 5.74) is 8.42. The van der Waals surface area contributed by atoms with Gasteiger partial charge in [-0.1, -0.05) is 12.1 Å². The average molecular weight is 381 g/mol. The zero-order chi connectivity index (χ0) is 19.9. The molecule has 146 valence electrons. The van der Waals surface area contributed by atoms with Crippen molar-refractivity contribution in [3.8, 4) is 17.2 Å². The highest BCUT2D eigenvalue weighted by molar-refractivity contribution is 5.79. The van der Waals surface area contributed by atoms with E-state index in [4.69, 9.17) is 19.9 Å². The van der Waals surface area contributed by atoms with Gasteiger partial charge in [0.1, 0.15) is 29.3 Å². The Hall–Kier alpha value is -3.68. The van der Waals surface area contributed by atoms with E-state index in [2.05, 4.69) is 20.6 Å². The molecule has 0 amide bonds. The van der Waals surface area contributed by atoms with Gasteiger partial charge in [-0.3, -0.25) is 0 Å². The van der Waals surface area contributed by atoms with Crippen molar-refractivity contribution in [2.24, 2.45) is 0 Å². The summed E-state index contributed by atoms with van der Waals surface area (Å²) in [5, 5.41) is 6.41. The maximum Gasteiger partial charge on any atom is 0.159 e. The second-order valence-electron chi connectivity index (χ2n) is 5.88. The molecule has 1 aromatic heterocycles. The van der Waals surface area contributed by atoms with Gasteiger partial charge in [0.15, 0.2) is 11.6 Å². The first-order valence-electron chi connectivity index (χ1n) is 8.61. The summed E-state index contributed by atoms with van der Waals surface area (Å²) in [6.45, 7) is 0.563. The first kappa shape index (κ1) is 19.1. The molecule has 0 bridgehead atoms. The van der Waals surface area contributed by atoms with E-state index in [1.165, 1.54) is 6.33 Å². The van der Waals surface area contributed by atoms with Crippen LogP contribution >= 0.6 is 0 Å². The number of nitrogens with one attached hydrogen (secondary N) is 2. The van der Waals surface area contributed by atoms with Gasteiger partial charge in [0.2, 0.25) is 0 Å². The third kappa shape index (κ3) is 4.35. The fourth-order valence-corrected chi connectivity index (χ4v) is 2.60. The molecule has 28 heavy (non-hydrogen) atoms. The van der Waals surface area contributed by atoms with Crippen LogP contribution in [-0.2, 0) is 6.54 Å². The van der Waals surface area contributed by atoms with Gasteiger partial charge in [-0.15, -0.1) is 0 Å². The molecule has 0 fully saturated rings. The summed E-state index contributed by atoms with van der Waals surface area (Å²) in [4.78, 5) is 8.48. The predicted molar refractivity (Wildman–Crippen MR) is 110 cm³/mol. The summed E-state index contributed by atoms with van der Waals surface area (Å²) in [5.74, 6) is 3.15. The number of rotatable bonds is 8. The number of ether oxygens (including phenoxy) is 3. The van der Waals surface area contributed by atoms with Gasteiger partial charge in [0.05, 0.1) is 27.0 Å². The lowest BCUT2D eigenvalue weighted by Gasteiger charge is -2.15. The molecule has 0 saturated heterocycles. The van der Waals surface area contributed by atoms with Gasteiger partial charge < -0.3 is 30.6 Å². The molecule has 0 aliphatic carbocycles. The van der Waals surface area contributed by atoms with Crippen molar-refractivity contribution < 1.29 is 14.2 Å². The van der Waals surface area contributed by atoms with Crippen LogP contribution in [0, 0.1) is 0 Å². The van der Waals surface area contributed by atoms with Crippen LogP contribution in [0.5, 0.6) is 17.2 Å². The van der Waals surface area contributed by atoms with Crippen LogP contribution in [0.25, 0.3) is 0 Å². The SMILES string of the molecule is COc1ccc(CNc2ncnc(Nc3cc(OC)ccc3OC)c2N)cc1. The van der Waals surface area contributed by atoms with Crippen molar-refractivity contribution in [1.29, 1.82) is 0 Å². The summed E-state index contributed by atoms with van der Waals surface area (Å²) in [6.07, 6.45) is 1.45. The molecule has 0 spiro atoms. The smallest absolute Gasteiger partial charge is 0.159 e. The van der Waals surface area contributed by atoms with Gasteiger partial charge in [0, 0.05) is 12.6 Å². The summed E-state index contributed by atoms with van der Waals surface area (Å²) in [7, 11) is 4.84. The largest absolute Gasteiger partial charge is 0.497 e. The molecule has 2 aromatic carbocycles. The van der Waals surface area contributed by atoms with E-state index in [0.29, 0.717) is 41.1 Å². The van der Waals surface area contributed by atoms with Crippen LogP contribution < -0.4 is 30.6 Å². The predicted octanol–water partition coefficient (Wildman–Crippen LogP) is 3.44. The van der Waals surface area contributed by atoms with Crippen LogP contribution in [0.4, 0.5) is 23.0 Å². The minimum atomic E-state index is 0.404. The number of nitrogens with two attached hydrogens (primary N) is 1. The van der Waals surface area contributed by atoms with Crippen molar-refractivity contribution in [3.05, 3.63) is 54.4 Å². The summed E-state index contributed by atoms with van der Waals surface area (Å²) in [6, 6.07) is 13.2. The molecule has 4 N–H and O–H groups in total. The summed E-state index contributed by atoms with van der Waals surface area (Å²) < 4.78 is 15.8. The van der Waals surface area contributed by atoms with Crippen LogP contribution in [0.1, 0.15) is 5.56 Å². The lowest BCUT2D eigenvalue weighted by atomic mass is 10.2. The Balaban J connectivity index is 1.77. The maximum atomic E-state index is 6.26. The molecule has 0 aliphatic rings. The Morgan fingerprint density at radius 3 is 2.21 bits per heavy atom. The number of aromatic nitrogens is 2. The number of nitrogens with zero attached hydrogens (tertiary/aromatic N) is 2. The summed E-state index contributed by atoms with van der Waals surface area (Å²) >= 11 is 0. The van der Waals surface area contributed by atoms with Crippen molar-refractivity contribution in [3.63, 3.8) is 0 Å². The number of hydrogen-bond donors (Lipinski definition) is 3. The second kappa shape index (κ2) is 8.81. The van der Waals surface area contributed by atoms with Crippen molar-refractivity contribution in [2.75, 3.05) is 37.7 Å². The third-order valence-electron chi connectivity index (χ3n) is 4.16. The average Bonchev–Trinajstić information content (AvgIpc) is 2.74. The normalized spacial score (nSPS) is 10.2. The number of nitrogen functional groups attached to an aromatic ring is 1. The lowest BCUT2D eigenvalue weighted by Crippen LogP contribution is -2.08. The monoisotopic (exact) mass is 381 g/mol. The van der Waals surface area contributed by atoms with Crippen molar-refractivity contribution in [1.82, 2.24) is 9.97 Å². The minimum absolute atomic E-state index is 0.404. The first-order chi connectivity index (χ1) is 13.6. The van der Waals surface area contributed by atoms with Crippen LogP contribution in [0.3, 0.4) is 0 Å². The Labute approximate surface area is 163 Å². The Morgan fingerprint density at radius 1 is 0.857 bits per heavy atom. The Kier molecular flexibility index (Phi) is 6.01. The highest BCUT2D eigenvalue weighted by Gasteiger charge is 2.12. The highest BCUT2D eigenvalue weighted by atomic mass is 16.5. The number of methoxy groups -OCH3 is 3. The first-order valence-corrected chi connectivity index (χ1v) is 8.61. The van der Waals surface area contributed by atoms with E-state index in [1.54, 1.807) is 27.4 Å². The zero-order valence-corrected chi connectivity index (χ0v) is 16.0. The molecule has 8 heteroatoms. The Bertz CT molecular complexity index is 932. The molecule has 3 rings (SSSR count). The Morgan fingerprint density at radius 2 is 1.54 bits per heavy atom. The standard InChI is InChI=1S/C20H23N5O3/c1-26-14-6-4-13(5-7-14)11-22-19-18(21)20(24-12-23-19)25-16-10-15(27-2)8-9-17(16)28-3/h4-10,12H,11,21H2,1-3H3,(H2,22,23,24,25). The number of hydrogen-bond acceptors (Lipinski definition) is 8. The molecule has 0 aliphatic heterocycles. The molecule has 0 radical (unpaired) electrons. The molecular formula is C20H23N5O3. The van der Waals surface area contributed by atoms with Gasteiger partial charge in [-0.25, -0.2) is 9.97 Å². The molecule has 0 saturated carbocycles. The van der Waals surface area contributed by atoms with Crippen LogP contribution in [-0.4, -0.2) is 31.3 Å². The quantitative estimate of drug-likeness (QED) is 0.545. The topological polar surface area (TPSA) is 104 Å². The molecular weight excluding hydrogens is 358 g/mol. The van der Waals surface area contributed by atoms with Gasteiger partial charge >= 0.3 is 0 Å². The fourth-order valence-electron chi connectivity index (χ4n) is 2.60. The maximum absolute atomic E-state index is 6.26. The molecule has 0 atom stereocenters. The van der Waals surface area contributed by atoms with E-state index in [-0.39, 0.29) is 0 Å². The van der Waals surface area contributed by atoms with Crippen LogP contribution in [0.2, 0.25) is 0 Å². The fraction of sp³-hybridized carbons (Fsp3) is 0.200. The molecule has 3 aromatic rings. The van der Waals surface area contributed by atoms with Gasteiger partial charge in [0.25, 0.3) is 0 Å². The van der Waals surface area contributed by atoms with Crippen molar-refractivity contribution in [2.45, 2.75) is 6.54 Å². The number of anilines is 4. The van der Waals surface area contributed by atoms with E-state index in [9.17, 15) is 0 Å². The second-order valence-corrected chi connectivity index (χ2v) is 5.88. The van der Waals surface area contributed by atoms with Gasteiger partial charge in [-0.2, -0.15) is 0 Å². The minimum Gasteiger partial charge on any atom is -0.497 e. The van der Waals surface area contributed by atoms with Gasteiger partial charge in [-0.05, 0) is 29.8 Å². The van der Waals surface area contributed by atoms with E-state index >= 15 is 0 Å².